The normalized spacial score (nSPS) is 13.3. The number of benzene rings is 1. The first kappa shape index (κ1) is 27.2. The first-order valence-corrected chi connectivity index (χ1v) is 11.6. The molecule has 0 spiro atoms. The third-order valence-corrected chi connectivity index (χ3v) is 3.56. The van der Waals surface area contributed by atoms with Gasteiger partial charge in [-0.05, 0) is 18.9 Å². The summed E-state index contributed by atoms with van der Waals surface area (Å²) in [5.41, 5.74) is 0.453. The standard InChI is InChI=1S/C18H29N2O2.F6P/c1-3-5-7-9-13-21-16-11-12-17(20-19)18(15-16)22-14-10-8-6-4-2;1-7(2,3,4,5)6/h11-12,15H,3-10,13-14H2,1-2H3;/q+1;-1. The molecule has 0 bridgehead atoms. The molecule has 0 atom stereocenters. The van der Waals surface area contributed by atoms with Crippen LogP contribution in [0.5, 0.6) is 11.5 Å². The van der Waals surface area contributed by atoms with Crippen molar-refractivity contribution in [2.24, 2.45) is 0 Å². The van der Waals surface area contributed by atoms with Crippen molar-refractivity contribution in [1.29, 1.82) is 5.39 Å². The van der Waals surface area contributed by atoms with Gasteiger partial charge in [0.1, 0.15) is 5.75 Å². The molecule has 0 fully saturated rings. The molecular formula is C18H29F6N2O2P. The zero-order valence-electron chi connectivity index (χ0n) is 16.7. The second kappa shape index (κ2) is 11.4. The maximum absolute atomic E-state index is 10.7. The van der Waals surface area contributed by atoms with Crippen molar-refractivity contribution in [2.45, 2.75) is 65.2 Å². The van der Waals surface area contributed by atoms with Crippen LogP contribution in [-0.2, 0) is 0 Å². The number of diazo groups is 1. The molecule has 11 heteroatoms. The Bertz CT molecular complexity index is 636. The molecule has 1 rings (SSSR count). The van der Waals surface area contributed by atoms with Crippen LogP contribution in [0.3, 0.4) is 0 Å². The summed E-state index contributed by atoms with van der Waals surface area (Å²) in [4.78, 5) is 3.27. The van der Waals surface area contributed by atoms with Gasteiger partial charge in [0, 0.05) is 12.1 Å². The molecule has 0 unspecified atom stereocenters. The fourth-order valence-electron chi connectivity index (χ4n) is 2.21. The summed E-state index contributed by atoms with van der Waals surface area (Å²) in [5.74, 6) is 1.36. The van der Waals surface area contributed by atoms with Gasteiger partial charge in [0.2, 0.25) is 11.1 Å². The van der Waals surface area contributed by atoms with E-state index in [-0.39, 0.29) is 0 Å². The van der Waals surface area contributed by atoms with Crippen LogP contribution in [0.15, 0.2) is 18.2 Å². The van der Waals surface area contributed by atoms with E-state index in [0.717, 1.165) is 25.0 Å². The van der Waals surface area contributed by atoms with E-state index in [1.54, 1.807) is 6.07 Å². The molecule has 4 nitrogen and oxygen atoms in total. The number of hydrogen-bond acceptors (Lipinski definition) is 3. The van der Waals surface area contributed by atoms with E-state index in [2.05, 4.69) is 18.8 Å². The molecule has 0 aromatic heterocycles. The average molecular weight is 450 g/mol. The van der Waals surface area contributed by atoms with Crippen molar-refractivity contribution in [3.05, 3.63) is 23.2 Å². The second-order valence-electron chi connectivity index (χ2n) is 6.51. The Kier molecular flexibility index (Phi) is 10.7. The molecule has 1 aromatic carbocycles. The van der Waals surface area contributed by atoms with Crippen LogP contribution in [0.1, 0.15) is 65.2 Å². The predicted molar refractivity (Wildman–Crippen MR) is 104 cm³/mol. The summed E-state index contributed by atoms with van der Waals surface area (Å²) < 4.78 is 70.7. The van der Waals surface area contributed by atoms with Gasteiger partial charge in [-0.2, -0.15) is 0 Å². The van der Waals surface area contributed by atoms with Gasteiger partial charge in [-0.3, -0.25) is 0 Å². The van der Waals surface area contributed by atoms with Gasteiger partial charge in [0.05, 0.1) is 13.2 Å². The summed E-state index contributed by atoms with van der Waals surface area (Å²) in [6.45, 7) is 5.74. The van der Waals surface area contributed by atoms with Gasteiger partial charge in [-0.15, -0.1) is 0 Å². The van der Waals surface area contributed by atoms with Crippen molar-refractivity contribution in [2.75, 3.05) is 13.2 Å². The van der Waals surface area contributed by atoms with E-state index in [0.29, 0.717) is 24.7 Å². The Balaban J connectivity index is 0.000000956. The van der Waals surface area contributed by atoms with Gasteiger partial charge < -0.3 is 9.47 Å². The van der Waals surface area contributed by atoms with Gasteiger partial charge >= 0.3 is 38.7 Å². The number of hydrogen-bond donors (Lipinski definition) is 0. The van der Waals surface area contributed by atoms with Crippen LogP contribution in [-0.4, -0.2) is 13.2 Å². The molecule has 0 aliphatic rings. The van der Waals surface area contributed by atoms with Crippen molar-refractivity contribution >= 4 is 13.5 Å². The van der Waals surface area contributed by atoms with Crippen LogP contribution >= 0.6 is 7.81 Å². The number of nitrogens with zero attached hydrogens (tertiary/aromatic N) is 2. The van der Waals surface area contributed by atoms with Crippen LogP contribution in [0.2, 0.25) is 0 Å². The summed E-state index contributed by atoms with van der Waals surface area (Å²) in [7, 11) is -10.7. The fraction of sp³-hybridized carbons (Fsp3) is 0.667. The minimum atomic E-state index is -10.7. The van der Waals surface area contributed by atoms with Crippen LogP contribution < -0.4 is 9.47 Å². The number of halogens is 6. The fourth-order valence-corrected chi connectivity index (χ4v) is 2.21. The van der Waals surface area contributed by atoms with E-state index >= 15 is 0 Å². The number of rotatable bonds is 12. The van der Waals surface area contributed by atoms with Gasteiger partial charge in [0.15, 0.2) is 4.98 Å². The first-order chi connectivity index (χ1) is 13.3. The Morgan fingerprint density at radius 1 is 0.793 bits per heavy atom. The summed E-state index contributed by atoms with van der Waals surface area (Å²) in [6, 6.07) is 5.36. The Hall–Kier alpha value is -1.75. The van der Waals surface area contributed by atoms with Crippen molar-refractivity contribution in [3.63, 3.8) is 0 Å². The summed E-state index contributed by atoms with van der Waals surface area (Å²) in [5, 5.41) is 9.03. The Morgan fingerprint density at radius 2 is 1.28 bits per heavy atom. The zero-order valence-corrected chi connectivity index (χ0v) is 17.6. The molecule has 0 radical (unpaired) electrons. The topological polar surface area (TPSA) is 46.6 Å². The number of unbranched alkanes of at least 4 members (excludes halogenated alkanes) is 6. The van der Waals surface area contributed by atoms with E-state index in [4.69, 9.17) is 14.9 Å². The zero-order chi connectivity index (χ0) is 22.5. The Morgan fingerprint density at radius 3 is 1.72 bits per heavy atom. The molecule has 0 N–H and O–H groups in total. The molecule has 0 saturated carbocycles. The van der Waals surface area contributed by atoms with Crippen LogP contribution in [0.25, 0.3) is 4.98 Å². The van der Waals surface area contributed by atoms with E-state index in [1.165, 1.54) is 32.1 Å². The average Bonchev–Trinajstić information content (AvgIpc) is 2.59. The first-order valence-electron chi connectivity index (χ1n) is 9.58. The number of ether oxygens (including phenoxy) is 2. The van der Waals surface area contributed by atoms with Crippen LogP contribution in [0.4, 0.5) is 30.9 Å². The monoisotopic (exact) mass is 450 g/mol. The quantitative estimate of drug-likeness (QED) is 0.138. The van der Waals surface area contributed by atoms with Crippen LogP contribution in [0, 0.1) is 5.39 Å². The molecular weight excluding hydrogens is 421 g/mol. The predicted octanol–water partition coefficient (Wildman–Crippen LogP) is 9.47. The minimum absolute atomic E-state index is 0.453. The molecule has 29 heavy (non-hydrogen) atoms. The van der Waals surface area contributed by atoms with Crippen molar-refractivity contribution in [1.82, 2.24) is 0 Å². The summed E-state index contributed by atoms with van der Waals surface area (Å²) >= 11 is 0. The second-order valence-corrected chi connectivity index (χ2v) is 8.42. The Labute approximate surface area is 167 Å². The van der Waals surface area contributed by atoms with Crippen molar-refractivity contribution in [3.8, 4) is 11.5 Å². The summed E-state index contributed by atoms with van der Waals surface area (Å²) in [6.07, 6.45) is 9.34. The molecule has 0 aliphatic carbocycles. The van der Waals surface area contributed by atoms with Crippen molar-refractivity contribution < 1.29 is 34.7 Å². The molecule has 0 saturated heterocycles. The van der Waals surface area contributed by atoms with Gasteiger partial charge in [-0.1, -0.05) is 52.4 Å². The third kappa shape index (κ3) is 20.8. The van der Waals surface area contributed by atoms with E-state index in [9.17, 15) is 25.2 Å². The maximum atomic E-state index is 9.87. The molecule has 170 valence electrons. The molecule has 0 amide bonds. The third-order valence-electron chi connectivity index (χ3n) is 3.56. The SMILES string of the molecule is CCCCCCOc1ccc([N+]#N)c(OCCCCCC)c1.F[P-](F)(F)(F)(F)F. The van der Waals surface area contributed by atoms with Gasteiger partial charge in [0.25, 0.3) is 0 Å². The molecule has 0 aliphatic heterocycles. The van der Waals surface area contributed by atoms with E-state index < -0.39 is 7.81 Å². The van der Waals surface area contributed by atoms with E-state index in [1.807, 2.05) is 12.1 Å². The molecule has 1 aromatic rings. The molecule has 0 heterocycles. The van der Waals surface area contributed by atoms with Gasteiger partial charge in [-0.25, -0.2) is 0 Å².